The van der Waals surface area contributed by atoms with Gasteiger partial charge in [-0.25, -0.2) is 8.78 Å². The molecule has 2 heterocycles. The number of amides is 1. The molecule has 2 aliphatic heterocycles. The highest BCUT2D eigenvalue weighted by atomic mass is 19.4. The highest BCUT2D eigenvalue weighted by molar-refractivity contribution is 5.78. The molecule has 0 radical (unpaired) electrons. The molecule has 0 spiro atoms. The van der Waals surface area contributed by atoms with E-state index in [0.29, 0.717) is 71.3 Å². The number of likely N-dealkylation sites (tertiary alicyclic amines) is 1. The van der Waals surface area contributed by atoms with Crippen LogP contribution in [0.2, 0.25) is 0 Å². The van der Waals surface area contributed by atoms with Gasteiger partial charge in [-0.15, -0.1) is 0 Å². The van der Waals surface area contributed by atoms with Gasteiger partial charge in [0.05, 0.1) is 10.5 Å². The van der Waals surface area contributed by atoms with Crippen LogP contribution in [-0.4, -0.2) is 72.5 Å². The molecule has 4 rings (SSSR count). The van der Waals surface area contributed by atoms with Crippen LogP contribution in [0.3, 0.4) is 0 Å². The van der Waals surface area contributed by atoms with E-state index < -0.39 is 33.8 Å². The van der Waals surface area contributed by atoms with Gasteiger partial charge in [0.25, 0.3) is 11.6 Å². The summed E-state index contributed by atoms with van der Waals surface area (Å²) in [6, 6.07) is 8.72. The second kappa shape index (κ2) is 12.2. The largest absolute Gasteiger partial charge is 0.416 e. The number of piperidine rings is 1. The Balaban J connectivity index is 1.23. The van der Waals surface area contributed by atoms with Crippen molar-refractivity contribution in [3.8, 4) is 0 Å². The Morgan fingerprint density at radius 2 is 1.61 bits per heavy atom. The number of carbonyl (C=O) groups is 1. The minimum Gasteiger partial charge on any atom is -0.382 e. The van der Waals surface area contributed by atoms with Crippen molar-refractivity contribution < 1.29 is 31.7 Å². The van der Waals surface area contributed by atoms with Gasteiger partial charge in [-0.05, 0) is 49.2 Å². The smallest absolute Gasteiger partial charge is 0.382 e. The molecule has 2 aromatic rings. The third-order valence-electron chi connectivity index (χ3n) is 7.73. The molecule has 2 saturated heterocycles. The van der Waals surface area contributed by atoms with E-state index >= 15 is 0 Å². The lowest BCUT2D eigenvalue weighted by molar-refractivity contribution is -0.386. The Kier molecular flexibility index (Phi) is 9.05. The van der Waals surface area contributed by atoms with E-state index in [-0.39, 0.29) is 17.9 Å². The number of hydrogen-bond donors (Lipinski definition) is 1. The van der Waals surface area contributed by atoms with E-state index in [1.807, 2.05) is 16.7 Å². The maximum atomic E-state index is 13.9. The van der Waals surface area contributed by atoms with Crippen molar-refractivity contribution in [3.05, 3.63) is 63.7 Å². The van der Waals surface area contributed by atoms with Gasteiger partial charge < -0.3 is 15.1 Å². The number of anilines is 2. The number of halogens is 5. The molecule has 2 aliphatic rings. The summed E-state index contributed by atoms with van der Waals surface area (Å²) < 4.78 is 66.4. The van der Waals surface area contributed by atoms with Gasteiger partial charge in [-0.1, -0.05) is 6.92 Å². The standard InChI is InChI=1S/C28H34F5N5O3/c1-19(18-35-13-15-36(16-14-35)23-6-3-20(4-7-23)28(31,32)33)26(39)37-11-9-21(10-12-37)34-22-5-8-25(38(40)41)24(17-22)27(2,29)30/h3-8,17,19,21,34H,9-16,18H2,1-2H3. The minimum absolute atomic E-state index is 0.0388. The maximum absolute atomic E-state index is 13.9. The van der Waals surface area contributed by atoms with Gasteiger partial charge in [0, 0.05) is 82.1 Å². The first-order chi connectivity index (χ1) is 19.2. The van der Waals surface area contributed by atoms with Crippen LogP contribution in [0.5, 0.6) is 0 Å². The van der Waals surface area contributed by atoms with Gasteiger partial charge in [0.15, 0.2) is 0 Å². The van der Waals surface area contributed by atoms with Crippen molar-refractivity contribution >= 4 is 23.0 Å². The number of benzene rings is 2. The number of piperazine rings is 1. The molecule has 2 fully saturated rings. The van der Waals surface area contributed by atoms with E-state index in [9.17, 15) is 36.9 Å². The van der Waals surface area contributed by atoms with E-state index in [1.165, 1.54) is 18.2 Å². The lowest BCUT2D eigenvalue weighted by Gasteiger charge is -2.38. The van der Waals surface area contributed by atoms with Crippen LogP contribution in [-0.2, 0) is 16.9 Å². The van der Waals surface area contributed by atoms with Crippen LogP contribution in [0.4, 0.5) is 39.0 Å². The van der Waals surface area contributed by atoms with Crippen LogP contribution < -0.4 is 10.2 Å². The van der Waals surface area contributed by atoms with Gasteiger partial charge in [0.1, 0.15) is 5.56 Å². The topological polar surface area (TPSA) is 82.0 Å². The fraction of sp³-hybridized carbons (Fsp3) is 0.536. The molecule has 0 aromatic heterocycles. The predicted octanol–water partition coefficient (Wildman–Crippen LogP) is 5.59. The number of nitro benzene ring substituents is 1. The number of carbonyl (C=O) groups excluding carboxylic acids is 1. The van der Waals surface area contributed by atoms with Crippen molar-refractivity contribution in [3.63, 3.8) is 0 Å². The molecule has 8 nitrogen and oxygen atoms in total. The summed E-state index contributed by atoms with van der Waals surface area (Å²) >= 11 is 0. The average Bonchev–Trinajstić information content (AvgIpc) is 2.92. The van der Waals surface area contributed by atoms with E-state index in [2.05, 4.69) is 10.2 Å². The monoisotopic (exact) mass is 583 g/mol. The van der Waals surface area contributed by atoms with Crippen molar-refractivity contribution in [2.45, 2.75) is 44.8 Å². The first kappa shape index (κ1) is 30.5. The third-order valence-corrected chi connectivity index (χ3v) is 7.73. The second-order valence-corrected chi connectivity index (χ2v) is 10.9. The number of hydrogen-bond acceptors (Lipinski definition) is 6. The van der Waals surface area contributed by atoms with Crippen LogP contribution in [0, 0.1) is 16.0 Å². The molecule has 41 heavy (non-hydrogen) atoms. The molecule has 1 N–H and O–H groups in total. The lowest BCUT2D eigenvalue weighted by Crippen LogP contribution is -2.50. The van der Waals surface area contributed by atoms with Gasteiger partial charge in [-0.3, -0.25) is 19.8 Å². The van der Waals surface area contributed by atoms with Crippen molar-refractivity contribution in [1.29, 1.82) is 0 Å². The lowest BCUT2D eigenvalue weighted by atomic mass is 10.0. The number of alkyl halides is 5. The Morgan fingerprint density at radius 3 is 2.15 bits per heavy atom. The molecule has 1 unspecified atom stereocenters. The Hall–Kier alpha value is -3.48. The second-order valence-electron chi connectivity index (χ2n) is 10.9. The fourth-order valence-corrected chi connectivity index (χ4v) is 5.44. The molecule has 224 valence electrons. The van der Waals surface area contributed by atoms with Gasteiger partial charge >= 0.3 is 6.18 Å². The Labute approximate surface area is 235 Å². The number of nitrogens with one attached hydrogen (secondary N) is 1. The van der Waals surface area contributed by atoms with E-state index in [1.54, 1.807) is 0 Å². The fourth-order valence-electron chi connectivity index (χ4n) is 5.44. The van der Waals surface area contributed by atoms with E-state index in [0.717, 1.165) is 30.0 Å². The highest BCUT2D eigenvalue weighted by Gasteiger charge is 2.34. The molecular formula is C28H34F5N5O3. The zero-order valence-electron chi connectivity index (χ0n) is 23.0. The van der Waals surface area contributed by atoms with E-state index in [4.69, 9.17) is 0 Å². The summed E-state index contributed by atoms with van der Waals surface area (Å²) in [7, 11) is 0. The minimum atomic E-state index is -4.36. The molecular weight excluding hydrogens is 549 g/mol. The summed E-state index contributed by atoms with van der Waals surface area (Å²) in [6.45, 7) is 6.79. The van der Waals surface area contributed by atoms with Crippen LogP contribution in [0.25, 0.3) is 0 Å². The number of nitro groups is 1. The average molecular weight is 584 g/mol. The molecule has 2 aromatic carbocycles. The molecule has 0 saturated carbocycles. The van der Waals surface area contributed by atoms with Crippen molar-refractivity contribution in [2.24, 2.45) is 5.92 Å². The summed E-state index contributed by atoms with van der Waals surface area (Å²) in [6.07, 6.45) is -3.14. The third kappa shape index (κ3) is 7.63. The molecule has 0 aliphatic carbocycles. The molecule has 13 heteroatoms. The van der Waals surface area contributed by atoms with Crippen LogP contribution >= 0.6 is 0 Å². The Morgan fingerprint density at radius 1 is 1.00 bits per heavy atom. The first-order valence-corrected chi connectivity index (χ1v) is 13.6. The quantitative estimate of drug-likeness (QED) is 0.248. The zero-order valence-corrected chi connectivity index (χ0v) is 23.0. The Bertz CT molecular complexity index is 1220. The van der Waals surface area contributed by atoms with Gasteiger partial charge in [0.2, 0.25) is 5.91 Å². The summed E-state index contributed by atoms with van der Waals surface area (Å²) in [5, 5.41) is 14.3. The summed E-state index contributed by atoms with van der Waals surface area (Å²) in [4.78, 5) is 29.5. The predicted molar refractivity (Wildman–Crippen MR) is 145 cm³/mol. The van der Waals surface area contributed by atoms with Crippen LogP contribution in [0.1, 0.15) is 37.8 Å². The highest BCUT2D eigenvalue weighted by Crippen LogP contribution is 2.36. The van der Waals surface area contributed by atoms with Gasteiger partial charge in [-0.2, -0.15) is 13.2 Å². The van der Waals surface area contributed by atoms with Crippen molar-refractivity contribution in [1.82, 2.24) is 9.80 Å². The van der Waals surface area contributed by atoms with Crippen molar-refractivity contribution in [2.75, 3.05) is 56.0 Å². The molecule has 0 bridgehead atoms. The zero-order chi connectivity index (χ0) is 29.9. The summed E-state index contributed by atoms with van der Waals surface area (Å²) in [5.74, 6) is -3.56. The maximum Gasteiger partial charge on any atom is 0.416 e. The summed E-state index contributed by atoms with van der Waals surface area (Å²) in [5.41, 5.74) is -0.825. The number of nitrogens with zero attached hydrogens (tertiary/aromatic N) is 4. The normalized spacial score (nSPS) is 18.3. The number of rotatable bonds is 8. The molecule has 1 atom stereocenters. The molecule has 1 amide bonds. The SMILES string of the molecule is CC(CN1CCN(c2ccc(C(F)(F)F)cc2)CC1)C(=O)N1CCC(Nc2ccc([N+](=O)[O-])c(C(C)(F)F)c2)CC1. The van der Waals surface area contributed by atoms with Crippen LogP contribution in [0.15, 0.2) is 42.5 Å². The first-order valence-electron chi connectivity index (χ1n) is 13.6.